The molecule has 7 heteroatoms. The number of nitrogens with one attached hydrogen (secondary N) is 2. The summed E-state index contributed by atoms with van der Waals surface area (Å²) in [6.45, 7) is 2.73. The minimum Gasteiger partial charge on any atom is -0.391 e. The Kier molecular flexibility index (Phi) is 11.9. The van der Waals surface area contributed by atoms with Crippen LogP contribution in [0.25, 0.3) is 0 Å². The molecule has 0 aliphatic carbocycles. The first kappa shape index (κ1) is 28.3. The van der Waals surface area contributed by atoms with Crippen LogP contribution in [0.4, 0.5) is 5.69 Å². The van der Waals surface area contributed by atoms with Crippen molar-refractivity contribution < 1.29 is 24.6 Å². The highest BCUT2D eigenvalue weighted by Crippen LogP contribution is 2.11. The van der Waals surface area contributed by atoms with E-state index in [0.717, 1.165) is 36.9 Å². The Morgan fingerprint density at radius 3 is 2.00 bits per heavy atom. The van der Waals surface area contributed by atoms with Crippen molar-refractivity contribution in [2.75, 3.05) is 11.9 Å². The normalized spacial score (nSPS) is 11.7. The molecule has 0 aliphatic heterocycles. The summed E-state index contributed by atoms with van der Waals surface area (Å²) in [5, 5.41) is 23.9. The van der Waals surface area contributed by atoms with Crippen molar-refractivity contribution in [3.63, 3.8) is 0 Å². The van der Waals surface area contributed by atoms with Gasteiger partial charge in [-0.25, -0.2) is 0 Å². The van der Waals surface area contributed by atoms with Gasteiger partial charge in [-0.3, -0.25) is 14.4 Å². The van der Waals surface area contributed by atoms with E-state index >= 15 is 0 Å². The van der Waals surface area contributed by atoms with Crippen LogP contribution in [0.2, 0.25) is 0 Å². The Labute approximate surface area is 212 Å². The van der Waals surface area contributed by atoms with E-state index in [4.69, 9.17) is 5.11 Å². The summed E-state index contributed by atoms with van der Waals surface area (Å²) in [7, 11) is 0. The molecule has 0 aromatic heterocycles. The predicted molar refractivity (Wildman–Crippen MR) is 139 cm³/mol. The van der Waals surface area contributed by atoms with Gasteiger partial charge in [0.1, 0.15) is 12.6 Å². The zero-order chi connectivity index (χ0) is 26.3. The lowest BCUT2D eigenvalue weighted by molar-refractivity contribution is -0.126. The maximum absolute atomic E-state index is 12.3. The lowest BCUT2D eigenvalue weighted by atomic mass is 10.1. The molecule has 0 saturated carbocycles. The lowest BCUT2D eigenvalue weighted by Gasteiger charge is -2.19. The molecule has 0 unspecified atom stereocenters. The van der Waals surface area contributed by atoms with E-state index in [0.29, 0.717) is 12.0 Å². The molecule has 0 bridgehead atoms. The topological polar surface area (TPSA) is 116 Å². The number of carbonyl (C=O) groups excluding carboxylic acids is 3. The van der Waals surface area contributed by atoms with Crippen LogP contribution in [0.3, 0.4) is 0 Å². The van der Waals surface area contributed by atoms with Crippen molar-refractivity contribution in [1.82, 2.24) is 5.32 Å². The van der Waals surface area contributed by atoms with Gasteiger partial charge in [-0.2, -0.15) is 0 Å². The standard InChI is InChI=1S/C29H32N2O5/c1-3-4-5-6-11-27(35)30-25-18-14-23(15-19-25)10-8-7-9-22-12-16-24(17-13-22)29(36)31-28(21(2)33)26(34)20-32/h12-19,21,28,32-33H,3-6,11,20H2,1-2H3,(H,30,35)(H,31,36)/t21-,28+/m1/s1. The van der Waals surface area contributed by atoms with Gasteiger partial charge in [-0.15, -0.1) is 0 Å². The van der Waals surface area contributed by atoms with Crippen molar-refractivity contribution in [1.29, 1.82) is 0 Å². The van der Waals surface area contributed by atoms with Crippen molar-refractivity contribution in [2.24, 2.45) is 0 Å². The van der Waals surface area contributed by atoms with Gasteiger partial charge in [-0.1, -0.05) is 38.0 Å². The molecule has 2 amide bonds. The number of aliphatic hydroxyl groups is 2. The average Bonchev–Trinajstić information content (AvgIpc) is 2.88. The van der Waals surface area contributed by atoms with Crippen LogP contribution in [0.1, 0.15) is 67.4 Å². The number of aliphatic hydroxyl groups excluding tert-OH is 2. The van der Waals surface area contributed by atoms with Crippen molar-refractivity contribution in [3.8, 4) is 23.7 Å². The fraction of sp³-hybridized carbons (Fsp3) is 0.345. The van der Waals surface area contributed by atoms with E-state index < -0.39 is 30.4 Å². The van der Waals surface area contributed by atoms with Crippen LogP contribution >= 0.6 is 0 Å². The fourth-order valence-electron chi connectivity index (χ4n) is 3.28. The van der Waals surface area contributed by atoms with E-state index in [1.807, 2.05) is 12.1 Å². The first-order valence-electron chi connectivity index (χ1n) is 12.0. The summed E-state index contributed by atoms with van der Waals surface area (Å²) in [6.07, 6.45) is 3.64. The molecule has 4 N–H and O–H groups in total. The maximum Gasteiger partial charge on any atom is 0.251 e. The van der Waals surface area contributed by atoms with Crippen molar-refractivity contribution in [3.05, 3.63) is 65.2 Å². The smallest absolute Gasteiger partial charge is 0.251 e. The molecule has 188 valence electrons. The third kappa shape index (κ3) is 9.76. The number of carbonyl (C=O) groups is 3. The first-order valence-corrected chi connectivity index (χ1v) is 12.0. The number of benzene rings is 2. The van der Waals surface area contributed by atoms with Crippen LogP contribution in [-0.4, -0.2) is 46.6 Å². The van der Waals surface area contributed by atoms with Gasteiger partial charge in [0.25, 0.3) is 5.91 Å². The van der Waals surface area contributed by atoms with Crippen molar-refractivity contribution >= 4 is 23.3 Å². The Hall–Kier alpha value is -3.91. The highest BCUT2D eigenvalue weighted by molar-refractivity contribution is 5.98. The van der Waals surface area contributed by atoms with Crippen LogP contribution in [0.15, 0.2) is 48.5 Å². The van der Waals surface area contributed by atoms with E-state index in [1.165, 1.54) is 6.92 Å². The number of anilines is 1. The van der Waals surface area contributed by atoms with Crippen LogP contribution < -0.4 is 10.6 Å². The van der Waals surface area contributed by atoms with Gasteiger partial charge in [0.05, 0.1) is 6.10 Å². The molecule has 0 spiro atoms. The average molecular weight is 489 g/mol. The van der Waals surface area contributed by atoms with E-state index in [-0.39, 0.29) is 11.5 Å². The molecule has 2 atom stereocenters. The summed E-state index contributed by atoms with van der Waals surface area (Å²) in [4.78, 5) is 36.0. The molecule has 2 rings (SSSR count). The van der Waals surface area contributed by atoms with Crippen molar-refractivity contribution in [2.45, 2.75) is 58.1 Å². The zero-order valence-corrected chi connectivity index (χ0v) is 20.6. The molecular formula is C29H32N2O5. The molecule has 0 saturated heterocycles. The molecule has 2 aromatic carbocycles. The minimum atomic E-state index is -1.18. The van der Waals surface area contributed by atoms with Gasteiger partial charge >= 0.3 is 0 Å². The zero-order valence-electron chi connectivity index (χ0n) is 20.6. The summed E-state index contributed by atoms with van der Waals surface area (Å²) in [6, 6.07) is 12.5. The second kappa shape index (κ2) is 15.2. The number of Topliss-reactive ketones (excluding diaryl/α,β-unsaturated/α-hetero) is 1. The summed E-state index contributed by atoms with van der Waals surface area (Å²) in [5.74, 6) is 10.2. The van der Waals surface area contributed by atoms with Gasteiger partial charge in [0, 0.05) is 28.8 Å². The summed E-state index contributed by atoms with van der Waals surface area (Å²) < 4.78 is 0. The fourth-order valence-corrected chi connectivity index (χ4v) is 3.28. The monoisotopic (exact) mass is 488 g/mol. The predicted octanol–water partition coefficient (Wildman–Crippen LogP) is 3.04. The number of rotatable bonds is 11. The second-order valence-corrected chi connectivity index (χ2v) is 8.33. The Morgan fingerprint density at radius 1 is 0.889 bits per heavy atom. The van der Waals surface area contributed by atoms with Gasteiger partial charge in [0.15, 0.2) is 5.78 Å². The Bertz CT molecular complexity index is 1150. The van der Waals surface area contributed by atoms with E-state index in [9.17, 15) is 19.5 Å². The third-order valence-corrected chi connectivity index (χ3v) is 5.32. The molecule has 36 heavy (non-hydrogen) atoms. The highest BCUT2D eigenvalue weighted by Gasteiger charge is 2.25. The molecule has 0 radical (unpaired) electrons. The largest absolute Gasteiger partial charge is 0.391 e. The van der Waals surface area contributed by atoms with E-state index in [2.05, 4.69) is 41.2 Å². The molecule has 0 heterocycles. The maximum atomic E-state index is 12.3. The number of ketones is 1. The number of amides is 2. The van der Waals surface area contributed by atoms with Gasteiger partial charge < -0.3 is 20.8 Å². The minimum absolute atomic E-state index is 0.0146. The molecule has 7 nitrogen and oxygen atoms in total. The van der Waals surface area contributed by atoms with Gasteiger partial charge in [0.2, 0.25) is 5.91 Å². The lowest BCUT2D eigenvalue weighted by Crippen LogP contribution is -2.48. The van der Waals surface area contributed by atoms with Gasteiger partial charge in [-0.05, 0) is 73.7 Å². The van der Waals surface area contributed by atoms with Crippen LogP contribution in [0.5, 0.6) is 0 Å². The molecule has 0 fully saturated rings. The van der Waals surface area contributed by atoms with E-state index in [1.54, 1.807) is 36.4 Å². The molecule has 0 aliphatic rings. The number of hydrogen-bond acceptors (Lipinski definition) is 5. The van der Waals surface area contributed by atoms with Crippen LogP contribution in [0, 0.1) is 23.7 Å². The third-order valence-electron chi connectivity index (χ3n) is 5.32. The number of unbranched alkanes of at least 4 members (excludes halogenated alkanes) is 3. The Morgan fingerprint density at radius 2 is 1.47 bits per heavy atom. The molecule has 2 aromatic rings. The quantitative estimate of drug-likeness (QED) is 0.287. The first-order chi connectivity index (χ1) is 17.3. The van der Waals surface area contributed by atoms with Crippen LogP contribution in [-0.2, 0) is 9.59 Å². The summed E-state index contributed by atoms with van der Waals surface area (Å²) in [5.41, 5.74) is 2.44. The highest BCUT2D eigenvalue weighted by atomic mass is 16.3. The summed E-state index contributed by atoms with van der Waals surface area (Å²) >= 11 is 0. The SMILES string of the molecule is CCCCCCC(=O)Nc1ccc(C#CC#Cc2ccc(C(=O)N[C@H](C(=O)CO)[C@@H](C)O)cc2)cc1. The molecular weight excluding hydrogens is 456 g/mol. The number of hydrogen-bond donors (Lipinski definition) is 4. The second-order valence-electron chi connectivity index (χ2n) is 8.33. The Balaban J connectivity index is 1.90.